The molecule has 3 rings (SSSR count). The number of ketones is 1. The van der Waals surface area contributed by atoms with Gasteiger partial charge >= 0.3 is 11.9 Å². The molecular weight excluding hydrogens is 504 g/mol. The third kappa shape index (κ3) is 7.73. The highest BCUT2D eigenvalue weighted by Crippen LogP contribution is 2.34. The molecule has 0 unspecified atom stereocenters. The Labute approximate surface area is 207 Å². The van der Waals surface area contributed by atoms with Gasteiger partial charge in [-0.05, 0) is 31.0 Å². The molecule has 0 amide bonds. The second-order valence-electron chi connectivity index (χ2n) is 7.66. The van der Waals surface area contributed by atoms with Gasteiger partial charge < -0.3 is 26.2 Å². The van der Waals surface area contributed by atoms with Crippen molar-refractivity contribution in [1.29, 1.82) is 0 Å². The van der Waals surface area contributed by atoms with Gasteiger partial charge in [-0.15, -0.1) is 0 Å². The summed E-state index contributed by atoms with van der Waals surface area (Å²) in [6, 6.07) is 3.56. The van der Waals surface area contributed by atoms with Crippen molar-refractivity contribution in [2.45, 2.75) is 43.9 Å². The molecule has 194 valence electrons. The van der Waals surface area contributed by atoms with Crippen LogP contribution >= 0.6 is 11.8 Å². The van der Waals surface area contributed by atoms with Crippen LogP contribution < -0.4 is 5.73 Å². The molecule has 36 heavy (non-hydrogen) atoms. The maximum absolute atomic E-state index is 12.5. The van der Waals surface area contributed by atoms with Crippen LogP contribution in [0.25, 0.3) is 0 Å². The molecule has 6 N–H and O–H groups in total. The summed E-state index contributed by atoms with van der Waals surface area (Å²) in [5.74, 6) is -2.99. The number of carbonyl (C=O) groups is 3. The topological polar surface area (TPSA) is 209 Å². The molecular formula is C21H23F2N5O7S. The van der Waals surface area contributed by atoms with Crippen LogP contribution in [0.4, 0.5) is 8.78 Å². The predicted molar refractivity (Wildman–Crippen MR) is 123 cm³/mol. The molecule has 12 nitrogen and oxygen atoms in total. The molecule has 0 saturated carbocycles. The minimum absolute atomic E-state index is 0.0512. The highest BCUT2D eigenvalue weighted by molar-refractivity contribution is 8.13. The SMILES string of the molecule is C[C@@]1(c2cc(CC(=O)c3cnc(C(F)F)cn3)ccn2)CCSC(N)=N1.O=C(O)[C@H](O)[C@@H](O)C(=O)O. The van der Waals surface area contributed by atoms with Gasteiger partial charge in [0.05, 0.1) is 18.1 Å². The largest absolute Gasteiger partial charge is 0.479 e. The summed E-state index contributed by atoms with van der Waals surface area (Å²) in [6.45, 7) is 1.96. The molecule has 0 radical (unpaired) electrons. The van der Waals surface area contributed by atoms with Gasteiger partial charge in [-0.3, -0.25) is 14.8 Å². The van der Waals surface area contributed by atoms with E-state index in [0.29, 0.717) is 5.17 Å². The van der Waals surface area contributed by atoms with Crippen molar-refractivity contribution >= 4 is 34.7 Å². The number of aliphatic imine (C=N–C) groups is 1. The fraction of sp³-hybridized carbons (Fsp3) is 0.381. The number of halogens is 2. The maximum atomic E-state index is 12.5. The van der Waals surface area contributed by atoms with E-state index in [1.807, 2.05) is 13.0 Å². The number of nitrogens with two attached hydrogens (primary N) is 1. The van der Waals surface area contributed by atoms with Gasteiger partial charge in [0.1, 0.15) is 16.9 Å². The zero-order chi connectivity index (χ0) is 27.0. The predicted octanol–water partition coefficient (Wildman–Crippen LogP) is 0.779. The summed E-state index contributed by atoms with van der Waals surface area (Å²) < 4.78 is 25.0. The number of alkyl halides is 2. The van der Waals surface area contributed by atoms with E-state index in [-0.39, 0.29) is 17.9 Å². The van der Waals surface area contributed by atoms with Gasteiger partial charge in [0.2, 0.25) is 0 Å². The van der Waals surface area contributed by atoms with Gasteiger partial charge in [0, 0.05) is 18.4 Å². The fourth-order valence-electron chi connectivity index (χ4n) is 2.89. The number of amidine groups is 1. The zero-order valence-corrected chi connectivity index (χ0v) is 19.6. The third-order valence-corrected chi connectivity index (χ3v) is 5.72. The monoisotopic (exact) mass is 527 g/mol. The lowest BCUT2D eigenvalue weighted by atomic mass is 9.93. The van der Waals surface area contributed by atoms with Crippen LogP contribution in [0.1, 0.15) is 47.2 Å². The number of pyridine rings is 1. The van der Waals surface area contributed by atoms with Crippen LogP contribution in [0, 0.1) is 0 Å². The lowest BCUT2D eigenvalue weighted by molar-refractivity contribution is -0.165. The molecule has 3 heterocycles. The van der Waals surface area contributed by atoms with Gasteiger partial charge in [-0.25, -0.2) is 28.3 Å². The van der Waals surface area contributed by atoms with Crippen molar-refractivity contribution in [2.24, 2.45) is 10.7 Å². The van der Waals surface area contributed by atoms with Crippen molar-refractivity contribution in [1.82, 2.24) is 15.0 Å². The first-order chi connectivity index (χ1) is 16.8. The Hall–Kier alpha value is -3.56. The quantitative estimate of drug-likeness (QED) is 0.302. The van der Waals surface area contributed by atoms with E-state index in [0.717, 1.165) is 35.8 Å². The number of aliphatic hydroxyl groups excluding tert-OH is 2. The second-order valence-corrected chi connectivity index (χ2v) is 8.78. The Morgan fingerprint density at radius 2 is 1.75 bits per heavy atom. The number of hydrogen-bond donors (Lipinski definition) is 5. The molecule has 2 aromatic heterocycles. The number of aliphatic hydroxyl groups is 2. The summed E-state index contributed by atoms with van der Waals surface area (Å²) >= 11 is 1.51. The molecule has 0 fully saturated rings. The van der Waals surface area contributed by atoms with Gasteiger partial charge in [-0.2, -0.15) is 0 Å². The van der Waals surface area contributed by atoms with E-state index in [2.05, 4.69) is 19.9 Å². The van der Waals surface area contributed by atoms with Gasteiger partial charge in [0.15, 0.2) is 23.2 Å². The number of carbonyl (C=O) groups excluding carboxylic acids is 1. The average Bonchev–Trinajstić information content (AvgIpc) is 2.83. The molecule has 3 atom stereocenters. The first-order valence-electron chi connectivity index (χ1n) is 10.2. The minimum Gasteiger partial charge on any atom is -0.479 e. The van der Waals surface area contributed by atoms with Crippen LogP contribution in [0.5, 0.6) is 0 Å². The van der Waals surface area contributed by atoms with Gasteiger partial charge in [0.25, 0.3) is 6.43 Å². The van der Waals surface area contributed by atoms with Crippen LogP contribution in [-0.2, 0) is 21.5 Å². The Balaban J connectivity index is 0.000000388. The Bertz CT molecular complexity index is 1120. The average molecular weight is 528 g/mol. The molecule has 1 aliphatic heterocycles. The lowest BCUT2D eigenvalue weighted by Crippen LogP contribution is -2.39. The summed E-state index contributed by atoms with van der Waals surface area (Å²) in [6.07, 6.45) is -2.75. The Morgan fingerprint density at radius 1 is 1.11 bits per heavy atom. The van der Waals surface area contributed by atoms with Crippen LogP contribution in [0.2, 0.25) is 0 Å². The van der Waals surface area contributed by atoms with Gasteiger partial charge in [-0.1, -0.05) is 11.8 Å². The van der Waals surface area contributed by atoms with Crippen molar-refractivity contribution in [2.75, 3.05) is 5.75 Å². The number of aliphatic carboxylic acids is 2. The van der Waals surface area contributed by atoms with Crippen LogP contribution in [0.3, 0.4) is 0 Å². The molecule has 0 spiro atoms. The zero-order valence-electron chi connectivity index (χ0n) is 18.8. The summed E-state index contributed by atoms with van der Waals surface area (Å²) in [5.41, 5.74) is 6.40. The number of thioether (sulfide) groups is 1. The molecule has 0 aliphatic carbocycles. The molecule has 15 heteroatoms. The highest BCUT2D eigenvalue weighted by Gasteiger charge is 2.31. The van der Waals surface area contributed by atoms with E-state index < -0.39 is 41.8 Å². The van der Waals surface area contributed by atoms with Crippen molar-refractivity contribution in [3.63, 3.8) is 0 Å². The fourth-order valence-corrected chi connectivity index (χ4v) is 3.87. The highest BCUT2D eigenvalue weighted by atomic mass is 32.2. The third-order valence-electron chi connectivity index (χ3n) is 4.92. The first-order valence-corrected chi connectivity index (χ1v) is 11.2. The first kappa shape index (κ1) is 28.7. The van der Waals surface area contributed by atoms with E-state index in [4.69, 9.17) is 26.2 Å². The van der Waals surface area contributed by atoms with Crippen LogP contribution in [0.15, 0.2) is 35.7 Å². The van der Waals surface area contributed by atoms with E-state index in [1.165, 1.54) is 11.8 Å². The molecule has 1 aliphatic rings. The standard InChI is InChI=1S/C17H17F2N5OS.C4H6O6/c1-17(3-5-26-16(20)24-17)14-7-10(2-4-21-14)6-13(25)11-8-23-12(9-22-11)15(18)19;5-1(3(7)8)2(6)4(9)10/h2,4,7-9,15H,3,5-6H2,1H3,(H2,20,24);1-2,5-6H,(H,7,8)(H,9,10)/t17-;1-,2-/m01/s1. The summed E-state index contributed by atoms with van der Waals surface area (Å²) in [7, 11) is 0. The number of rotatable bonds is 8. The normalized spacial score (nSPS) is 18.9. The number of Topliss-reactive ketones (excluding diaryl/α,β-unsaturated/α-hetero) is 1. The number of aromatic nitrogens is 3. The van der Waals surface area contributed by atoms with E-state index in [1.54, 1.807) is 12.3 Å². The molecule has 0 aromatic carbocycles. The number of carboxylic acid groups (broad SMARTS) is 2. The number of carboxylic acids is 2. The number of nitrogens with zero attached hydrogens (tertiary/aromatic N) is 4. The second kappa shape index (κ2) is 12.4. The minimum atomic E-state index is -2.71. The van der Waals surface area contributed by atoms with Crippen LogP contribution in [-0.4, -0.2) is 76.2 Å². The van der Waals surface area contributed by atoms with E-state index >= 15 is 0 Å². The Morgan fingerprint density at radius 3 is 2.25 bits per heavy atom. The van der Waals surface area contributed by atoms with Crippen molar-refractivity contribution in [3.8, 4) is 0 Å². The Kier molecular flexibility index (Phi) is 9.89. The smallest absolute Gasteiger partial charge is 0.335 e. The van der Waals surface area contributed by atoms with Crippen molar-refractivity contribution in [3.05, 3.63) is 53.4 Å². The maximum Gasteiger partial charge on any atom is 0.335 e. The summed E-state index contributed by atoms with van der Waals surface area (Å²) in [4.78, 5) is 48.1. The molecule has 0 saturated heterocycles. The summed E-state index contributed by atoms with van der Waals surface area (Å²) in [5, 5.41) is 33.1. The molecule has 2 aromatic rings. The van der Waals surface area contributed by atoms with E-state index in [9.17, 15) is 23.2 Å². The molecule has 0 bridgehead atoms. The lowest BCUT2D eigenvalue weighted by Gasteiger charge is -2.28. The number of hydrogen-bond acceptors (Lipinski definition) is 11. The van der Waals surface area contributed by atoms with Crippen molar-refractivity contribution < 1.29 is 43.6 Å².